The lowest BCUT2D eigenvalue weighted by atomic mass is 9.93. The van der Waals surface area contributed by atoms with Crippen molar-refractivity contribution < 1.29 is 19.1 Å². The van der Waals surface area contributed by atoms with Crippen LogP contribution >= 0.6 is 11.6 Å². The van der Waals surface area contributed by atoms with Gasteiger partial charge in [-0.05, 0) is 25.8 Å². The topological polar surface area (TPSA) is 109 Å². The van der Waals surface area contributed by atoms with Gasteiger partial charge in [-0.2, -0.15) is 5.10 Å². The van der Waals surface area contributed by atoms with Crippen molar-refractivity contribution in [2.45, 2.75) is 25.8 Å². The van der Waals surface area contributed by atoms with Crippen molar-refractivity contribution in [3.05, 3.63) is 29.0 Å². The third-order valence-electron chi connectivity index (χ3n) is 6.02. The monoisotopic (exact) mass is 447 g/mol. The predicted octanol–water partition coefficient (Wildman–Crippen LogP) is 2.14. The fraction of sp³-hybridized carbons (Fsp3) is 0.524. The van der Waals surface area contributed by atoms with Gasteiger partial charge in [-0.3, -0.25) is 14.7 Å². The molecule has 2 saturated heterocycles. The molecule has 2 N–H and O–H groups in total. The van der Waals surface area contributed by atoms with Crippen LogP contribution in [-0.4, -0.2) is 71.4 Å². The number of piperidine rings is 1. The molecule has 0 bridgehead atoms. The van der Waals surface area contributed by atoms with Gasteiger partial charge in [-0.25, -0.2) is 4.98 Å². The highest BCUT2D eigenvalue weighted by molar-refractivity contribution is 6.33. The van der Waals surface area contributed by atoms with Crippen molar-refractivity contribution in [2.75, 3.05) is 33.4 Å². The van der Waals surface area contributed by atoms with Gasteiger partial charge in [0.15, 0.2) is 5.69 Å². The number of ether oxygens (including phenoxy) is 2. The Morgan fingerprint density at radius 1 is 1.32 bits per heavy atom. The van der Waals surface area contributed by atoms with Crippen LogP contribution in [0.5, 0.6) is 5.88 Å². The van der Waals surface area contributed by atoms with E-state index in [-0.39, 0.29) is 23.8 Å². The Hall–Kier alpha value is -2.65. The molecule has 1 atom stereocenters. The highest BCUT2D eigenvalue weighted by Gasteiger charge is 2.32. The van der Waals surface area contributed by atoms with Crippen LogP contribution in [0.3, 0.4) is 0 Å². The maximum atomic E-state index is 12.9. The highest BCUT2D eigenvalue weighted by Crippen LogP contribution is 2.29. The smallest absolute Gasteiger partial charge is 0.274 e. The van der Waals surface area contributed by atoms with E-state index in [1.807, 2.05) is 6.92 Å². The Kier molecular flexibility index (Phi) is 6.43. The lowest BCUT2D eigenvalue weighted by Gasteiger charge is -2.35. The number of carbonyl (C=O) groups is 2. The summed E-state index contributed by atoms with van der Waals surface area (Å²) in [6.07, 6.45) is 2.76. The molecule has 0 aromatic carbocycles. The van der Waals surface area contributed by atoms with Crippen molar-refractivity contribution in [3.63, 3.8) is 0 Å². The second kappa shape index (κ2) is 9.23. The summed E-state index contributed by atoms with van der Waals surface area (Å²) in [6, 6.07) is 3.47. The van der Waals surface area contributed by atoms with Gasteiger partial charge in [-0.15, -0.1) is 0 Å². The fourth-order valence-electron chi connectivity index (χ4n) is 3.82. The van der Waals surface area contributed by atoms with E-state index in [0.717, 1.165) is 0 Å². The third kappa shape index (κ3) is 4.67. The number of hydrogen-bond acceptors (Lipinski definition) is 6. The van der Waals surface area contributed by atoms with Crippen molar-refractivity contribution >= 4 is 23.4 Å². The maximum Gasteiger partial charge on any atom is 0.274 e. The Balaban J connectivity index is 1.34. The van der Waals surface area contributed by atoms with Crippen LogP contribution in [0.1, 0.15) is 30.3 Å². The van der Waals surface area contributed by atoms with Gasteiger partial charge in [0.1, 0.15) is 0 Å². The second-order valence-corrected chi connectivity index (χ2v) is 8.44. The first-order chi connectivity index (χ1) is 15.0. The number of H-pyrrole nitrogens is 1. The summed E-state index contributed by atoms with van der Waals surface area (Å²) < 4.78 is 10.3. The zero-order valence-electron chi connectivity index (χ0n) is 17.6. The molecule has 31 heavy (non-hydrogen) atoms. The zero-order chi connectivity index (χ0) is 22.0. The Morgan fingerprint density at radius 3 is 2.71 bits per heavy atom. The number of pyridine rings is 1. The molecular formula is C21H26ClN5O4. The first-order valence-electron chi connectivity index (χ1n) is 10.4. The van der Waals surface area contributed by atoms with Gasteiger partial charge < -0.3 is 19.7 Å². The number of nitrogens with one attached hydrogen (secondary N) is 2. The summed E-state index contributed by atoms with van der Waals surface area (Å²) in [5.74, 6) is 0.633. The van der Waals surface area contributed by atoms with Crippen LogP contribution in [-0.2, 0) is 9.53 Å². The van der Waals surface area contributed by atoms with Gasteiger partial charge >= 0.3 is 0 Å². The SMILES string of the molecule is COc1cc(-c2cc(C(=O)N3CCC(C(=O)NC(C)C4COC4)CC3)n[nH]2)c(Cl)cn1. The first-order valence-corrected chi connectivity index (χ1v) is 10.8. The molecule has 0 radical (unpaired) electrons. The minimum absolute atomic E-state index is 0.0647. The molecule has 4 rings (SSSR count). The molecule has 4 heterocycles. The van der Waals surface area contributed by atoms with Crippen LogP contribution < -0.4 is 10.1 Å². The van der Waals surface area contributed by atoms with Crippen molar-refractivity contribution in [1.29, 1.82) is 0 Å². The van der Waals surface area contributed by atoms with Crippen LogP contribution in [0, 0.1) is 11.8 Å². The number of amides is 2. The number of carbonyl (C=O) groups excluding carboxylic acids is 2. The number of halogens is 1. The van der Waals surface area contributed by atoms with E-state index >= 15 is 0 Å². The van der Waals surface area contributed by atoms with Crippen LogP contribution in [0.2, 0.25) is 5.02 Å². The van der Waals surface area contributed by atoms with Crippen molar-refractivity contribution in [2.24, 2.45) is 11.8 Å². The van der Waals surface area contributed by atoms with E-state index in [9.17, 15) is 9.59 Å². The molecule has 10 heteroatoms. The summed E-state index contributed by atoms with van der Waals surface area (Å²) in [6.45, 7) is 4.46. The molecule has 2 amide bonds. The summed E-state index contributed by atoms with van der Waals surface area (Å²) in [4.78, 5) is 31.2. The van der Waals surface area contributed by atoms with E-state index in [2.05, 4.69) is 20.5 Å². The minimum atomic E-state index is -0.168. The Bertz CT molecular complexity index is 953. The molecule has 2 aliphatic heterocycles. The highest BCUT2D eigenvalue weighted by atomic mass is 35.5. The lowest BCUT2D eigenvalue weighted by Crippen LogP contribution is -2.50. The first kappa shape index (κ1) is 21.6. The van der Waals surface area contributed by atoms with Crippen LogP contribution in [0.15, 0.2) is 18.3 Å². The second-order valence-electron chi connectivity index (χ2n) is 8.03. The Morgan fingerprint density at radius 2 is 2.06 bits per heavy atom. The van der Waals surface area contributed by atoms with E-state index < -0.39 is 0 Å². The van der Waals surface area contributed by atoms with Gasteiger partial charge in [0, 0.05) is 42.6 Å². The lowest BCUT2D eigenvalue weighted by molar-refractivity contribution is -0.129. The number of hydrogen-bond donors (Lipinski definition) is 2. The normalized spacial score (nSPS) is 18.4. The summed E-state index contributed by atoms with van der Waals surface area (Å²) in [7, 11) is 1.52. The quantitative estimate of drug-likeness (QED) is 0.702. The molecule has 166 valence electrons. The van der Waals surface area contributed by atoms with E-state index in [4.69, 9.17) is 21.1 Å². The minimum Gasteiger partial charge on any atom is -0.481 e. The standard InChI is InChI=1S/C21H26ClN5O4/c1-12(14-10-31-11-14)24-20(28)13-3-5-27(6-4-13)21(29)18-8-17(25-26-18)15-7-19(30-2)23-9-16(15)22/h7-9,12-14H,3-6,10-11H2,1-2H3,(H,24,28)(H,25,26). The fourth-order valence-corrected chi connectivity index (χ4v) is 4.02. The number of rotatable bonds is 6. The predicted molar refractivity (Wildman–Crippen MR) is 114 cm³/mol. The maximum absolute atomic E-state index is 12.9. The molecular weight excluding hydrogens is 422 g/mol. The average molecular weight is 448 g/mol. The molecule has 0 aliphatic carbocycles. The molecule has 0 saturated carbocycles. The number of aromatic nitrogens is 3. The van der Waals surface area contributed by atoms with E-state index in [0.29, 0.717) is 72.9 Å². The van der Waals surface area contributed by atoms with Gasteiger partial charge in [0.25, 0.3) is 5.91 Å². The van der Waals surface area contributed by atoms with Gasteiger partial charge in [-0.1, -0.05) is 11.6 Å². The number of aromatic amines is 1. The number of likely N-dealkylation sites (tertiary alicyclic amines) is 1. The van der Waals surface area contributed by atoms with Gasteiger partial charge in [0.05, 0.1) is 37.2 Å². The van der Waals surface area contributed by atoms with Gasteiger partial charge in [0.2, 0.25) is 11.8 Å². The summed E-state index contributed by atoms with van der Waals surface area (Å²) in [5.41, 5.74) is 1.57. The third-order valence-corrected chi connectivity index (χ3v) is 6.32. The van der Waals surface area contributed by atoms with Crippen molar-refractivity contribution in [1.82, 2.24) is 25.4 Å². The largest absolute Gasteiger partial charge is 0.481 e. The average Bonchev–Trinajstić information content (AvgIpc) is 3.22. The summed E-state index contributed by atoms with van der Waals surface area (Å²) in [5, 5.41) is 10.6. The van der Waals surface area contributed by atoms with E-state index in [1.165, 1.54) is 13.3 Å². The van der Waals surface area contributed by atoms with Crippen molar-refractivity contribution in [3.8, 4) is 17.1 Å². The molecule has 0 spiro atoms. The Labute approximate surface area is 185 Å². The van der Waals surface area contributed by atoms with Crippen LogP contribution in [0.4, 0.5) is 0 Å². The molecule has 9 nitrogen and oxygen atoms in total. The molecule has 2 aromatic rings. The zero-order valence-corrected chi connectivity index (χ0v) is 18.3. The van der Waals surface area contributed by atoms with E-state index in [1.54, 1.807) is 17.0 Å². The number of methoxy groups -OCH3 is 1. The molecule has 1 unspecified atom stereocenters. The van der Waals surface area contributed by atoms with Crippen LogP contribution in [0.25, 0.3) is 11.3 Å². The number of nitrogens with zero attached hydrogens (tertiary/aromatic N) is 3. The molecule has 2 fully saturated rings. The summed E-state index contributed by atoms with van der Waals surface area (Å²) >= 11 is 6.23. The molecule has 2 aliphatic rings. The molecule has 2 aromatic heterocycles.